The first kappa shape index (κ1) is 28.1. The van der Waals surface area contributed by atoms with E-state index < -0.39 is 17.7 Å². The van der Waals surface area contributed by atoms with Crippen LogP contribution in [0.15, 0.2) is 54.6 Å². The molecule has 0 aliphatic rings. The van der Waals surface area contributed by atoms with Gasteiger partial charge >= 0.3 is 0 Å². The summed E-state index contributed by atoms with van der Waals surface area (Å²) in [6, 6.07) is 16.5. The van der Waals surface area contributed by atoms with E-state index >= 15 is 0 Å². The number of benzene rings is 2. The summed E-state index contributed by atoms with van der Waals surface area (Å²) in [6.45, 7) is 6.71. The van der Waals surface area contributed by atoms with Crippen LogP contribution in [0.4, 0.5) is 0 Å². The highest BCUT2D eigenvalue weighted by atomic mass is 16.5. The zero-order chi connectivity index (χ0) is 25.6. The number of amides is 2. The van der Waals surface area contributed by atoms with E-state index in [2.05, 4.69) is 29.8 Å². The number of rotatable bonds is 15. The second-order valence-electron chi connectivity index (χ2n) is 9.15. The first-order valence-corrected chi connectivity index (χ1v) is 12.3. The second-order valence-corrected chi connectivity index (χ2v) is 9.15. The summed E-state index contributed by atoms with van der Waals surface area (Å²) in [5.74, 6) is -0.0818. The van der Waals surface area contributed by atoms with Crippen LogP contribution in [-0.2, 0) is 27.3 Å². The summed E-state index contributed by atoms with van der Waals surface area (Å²) in [7, 11) is 1.58. The van der Waals surface area contributed by atoms with Crippen LogP contribution in [0.5, 0.6) is 5.75 Å². The third-order valence-corrected chi connectivity index (χ3v) is 5.75. The molecule has 3 N–H and O–H groups in total. The zero-order valence-corrected chi connectivity index (χ0v) is 21.3. The van der Waals surface area contributed by atoms with E-state index in [1.165, 1.54) is 0 Å². The molecule has 2 aromatic carbocycles. The molecule has 0 bridgehead atoms. The molecule has 190 valence electrons. The van der Waals surface area contributed by atoms with Crippen molar-refractivity contribution in [3.8, 4) is 5.75 Å². The molecule has 0 radical (unpaired) electrons. The number of carbonyl (C=O) groups is 3. The highest BCUT2D eigenvalue weighted by Crippen LogP contribution is 2.12. The predicted octanol–water partition coefficient (Wildman–Crippen LogP) is 3.41. The Morgan fingerprint density at radius 1 is 0.971 bits per heavy atom. The van der Waals surface area contributed by atoms with E-state index in [0.717, 1.165) is 17.5 Å². The average Bonchev–Trinajstić information content (AvgIpc) is 2.86. The van der Waals surface area contributed by atoms with Crippen molar-refractivity contribution in [3.63, 3.8) is 0 Å². The number of hydrogen-bond donors (Lipinski definition) is 3. The molecule has 0 saturated heterocycles. The zero-order valence-electron chi connectivity index (χ0n) is 21.3. The molecule has 0 spiro atoms. The third-order valence-electron chi connectivity index (χ3n) is 5.75. The van der Waals surface area contributed by atoms with Crippen molar-refractivity contribution in [1.82, 2.24) is 16.0 Å². The van der Waals surface area contributed by atoms with Gasteiger partial charge in [-0.05, 0) is 48.4 Å². The van der Waals surface area contributed by atoms with E-state index in [1.54, 1.807) is 7.11 Å². The summed E-state index contributed by atoms with van der Waals surface area (Å²) in [5.41, 5.74) is 1.97. The maximum atomic E-state index is 12.7. The topological polar surface area (TPSA) is 96.5 Å². The fraction of sp³-hybridized carbons (Fsp3) is 0.464. The number of ether oxygens (including phenoxy) is 1. The van der Waals surface area contributed by atoms with E-state index in [-0.39, 0.29) is 18.5 Å². The molecule has 7 heteroatoms. The van der Waals surface area contributed by atoms with Crippen LogP contribution in [0.1, 0.15) is 51.2 Å². The number of carbonyl (C=O) groups excluding carboxylic acids is 3. The number of hydrogen-bond acceptors (Lipinski definition) is 5. The van der Waals surface area contributed by atoms with Crippen molar-refractivity contribution in [1.29, 1.82) is 0 Å². The van der Waals surface area contributed by atoms with Crippen LogP contribution in [0.3, 0.4) is 0 Å². The molecule has 0 saturated carbocycles. The Kier molecular flexibility index (Phi) is 12.0. The van der Waals surface area contributed by atoms with Gasteiger partial charge in [0.05, 0.1) is 13.2 Å². The normalized spacial score (nSPS) is 12.6. The maximum absolute atomic E-state index is 12.7. The van der Waals surface area contributed by atoms with Crippen molar-refractivity contribution in [2.24, 2.45) is 5.92 Å². The van der Waals surface area contributed by atoms with Crippen LogP contribution >= 0.6 is 0 Å². The Balaban J connectivity index is 1.86. The van der Waals surface area contributed by atoms with Gasteiger partial charge in [0.25, 0.3) is 5.91 Å². The van der Waals surface area contributed by atoms with Gasteiger partial charge in [-0.15, -0.1) is 0 Å². The molecule has 1 unspecified atom stereocenters. The number of nitrogens with one attached hydrogen (secondary N) is 3. The fourth-order valence-electron chi connectivity index (χ4n) is 3.88. The Bertz CT molecular complexity index is 946. The minimum Gasteiger partial charge on any atom is -0.497 e. The van der Waals surface area contributed by atoms with E-state index in [9.17, 15) is 14.4 Å². The number of Topliss-reactive ketones (excluding diaryl/α,β-unsaturated/α-hetero) is 1. The highest BCUT2D eigenvalue weighted by Gasteiger charge is 2.25. The quantitative estimate of drug-likeness (QED) is 0.339. The third kappa shape index (κ3) is 10.3. The standard InChI is InChI=1S/C28H39N3O4/c1-5-25(27(33)28(34)30-18-22-12-9-13-24(17-22)35-4)29-19-23(16-20(2)3)31-26(32)15-14-21-10-7-6-8-11-21/h6-13,17,20,23,25,29H,5,14-16,18-19H2,1-4H3,(H,30,34)(H,31,32)/t23-,25?/m0/s1. The Morgan fingerprint density at radius 2 is 1.69 bits per heavy atom. The average molecular weight is 482 g/mol. The van der Waals surface area contributed by atoms with Crippen molar-refractivity contribution in [3.05, 3.63) is 65.7 Å². The van der Waals surface area contributed by atoms with Gasteiger partial charge in [0, 0.05) is 25.6 Å². The van der Waals surface area contributed by atoms with Crippen LogP contribution < -0.4 is 20.7 Å². The molecule has 7 nitrogen and oxygen atoms in total. The first-order valence-electron chi connectivity index (χ1n) is 12.3. The molecule has 35 heavy (non-hydrogen) atoms. The molecule has 0 fully saturated rings. The van der Waals surface area contributed by atoms with E-state index in [4.69, 9.17) is 4.74 Å². The molecule has 0 aliphatic heterocycles. The van der Waals surface area contributed by atoms with Gasteiger partial charge in [-0.1, -0.05) is 63.2 Å². The lowest BCUT2D eigenvalue weighted by atomic mass is 10.0. The first-order chi connectivity index (χ1) is 16.8. The highest BCUT2D eigenvalue weighted by molar-refractivity contribution is 6.38. The predicted molar refractivity (Wildman–Crippen MR) is 138 cm³/mol. The Labute approximate surface area is 209 Å². The van der Waals surface area contributed by atoms with Crippen molar-refractivity contribution in [2.45, 2.75) is 65.1 Å². The van der Waals surface area contributed by atoms with Crippen LogP contribution in [0.25, 0.3) is 0 Å². The van der Waals surface area contributed by atoms with E-state index in [0.29, 0.717) is 37.5 Å². The van der Waals surface area contributed by atoms with Crippen LogP contribution in [0, 0.1) is 5.92 Å². The number of ketones is 1. The Morgan fingerprint density at radius 3 is 2.34 bits per heavy atom. The van der Waals surface area contributed by atoms with Gasteiger partial charge in [-0.2, -0.15) is 0 Å². The largest absolute Gasteiger partial charge is 0.497 e. The summed E-state index contributed by atoms with van der Waals surface area (Å²) in [5, 5.41) is 9.00. The molecule has 0 aliphatic carbocycles. The molecule has 2 rings (SSSR count). The van der Waals surface area contributed by atoms with Gasteiger partial charge in [0.15, 0.2) is 0 Å². The van der Waals surface area contributed by atoms with E-state index in [1.807, 2.05) is 61.5 Å². The summed E-state index contributed by atoms with van der Waals surface area (Å²) in [4.78, 5) is 37.8. The van der Waals surface area contributed by atoms with Gasteiger partial charge < -0.3 is 20.7 Å². The molecule has 0 heterocycles. The van der Waals surface area contributed by atoms with Gasteiger partial charge in [0.2, 0.25) is 11.7 Å². The summed E-state index contributed by atoms with van der Waals surface area (Å²) >= 11 is 0. The van der Waals surface area contributed by atoms with Crippen LogP contribution in [-0.4, -0.2) is 43.3 Å². The lowest BCUT2D eigenvalue weighted by Gasteiger charge is -2.24. The van der Waals surface area contributed by atoms with Crippen molar-refractivity contribution >= 4 is 17.6 Å². The van der Waals surface area contributed by atoms with Crippen molar-refractivity contribution < 1.29 is 19.1 Å². The van der Waals surface area contributed by atoms with Crippen molar-refractivity contribution in [2.75, 3.05) is 13.7 Å². The second kappa shape index (κ2) is 14.9. The van der Waals surface area contributed by atoms with Gasteiger partial charge in [-0.3, -0.25) is 14.4 Å². The Hall–Kier alpha value is -3.19. The number of methoxy groups -OCH3 is 1. The van der Waals surface area contributed by atoms with Gasteiger partial charge in [0.1, 0.15) is 5.75 Å². The molecule has 2 amide bonds. The molecule has 0 aromatic heterocycles. The van der Waals surface area contributed by atoms with Crippen LogP contribution in [0.2, 0.25) is 0 Å². The van der Waals surface area contributed by atoms with Gasteiger partial charge in [-0.25, -0.2) is 0 Å². The summed E-state index contributed by atoms with van der Waals surface area (Å²) in [6.07, 6.45) is 2.33. The number of aryl methyl sites for hydroxylation is 1. The molecular formula is C28H39N3O4. The fourth-order valence-corrected chi connectivity index (χ4v) is 3.88. The lowest BCUT2D eigenvalue weighted by Crippen LogP contribution is -2.50. The minimum absolute atomic E-state index is 0.0169. The smallest absolute Gasteiger partial charge is 0.289 e. The maximum Gasteiger partial charge on any atom is 0.289 e. The SMILES string of the molecule is CCC(NC[C@H](CC(C)C)NC(=O)CCc1ccccc1)C(=O)C(=O)NCc1cccc(OC)c1. The lowest BCUT2D eigenvalue weighted by molar-refractivity contribution is -0.139. The molecule has 2 atom stereocenters. The molecule has 2 aromatic rings. The monoisotopic (exact) mass is 481 g/mol. The molecular weight excluding hydrogens is 442 g/mol. The summed E-state index contributed by atoms with van der Waals surface area (Å²) < 4.78 is 5.19. The minimum atomic E-state index is -0.625.